The van der Waals surface area contributed by atoms with Crippen molar-refractivity contribution in [2.75, 3.05) is 6.54 Å². The zero-order valence-corrected chi connectivity index (χ0v) is 11.7. The normalized spacial score (nSPS) is 32.0. The van der Waals surface area contributed by atoms with Crippen molar-refractivity contribution in [3.63, 3.8) is 0 Å². The Kier molecular flexibility index (Phi) is 3.23. The highest BCUT2D eigenvalue weighted by Crippen LogP contribution is 2.41. The predicted octanol–water partition coefficient (Wildman–Crippen LogP) is 0.874. The molecule has 0 spiro atoms. The number of aryl methyl sites for hydroxylation is 1. The molecule has 2 N–H and O–H groups in total. The first-order valence-electron chi connectivity index (χ1n) is 7.05. The van der Waals surface area contributed by atoms with Gasteiger partial charge in [-0.1, -0.05) is 12.1 Å². The molecular weight excluding hydrogens is 258 g/mol. The average molecular weight is 277 g/mol. The van der Waals surface area contributed by atoms with E-state index in [1.165, 1.54) is 0 Å². The van der Waals surface area contributed by atoms with E-state index < -0.39 is 0 Å². The van der Waals surface area contributed by atoms with Gasteiger partial charge in [-0.15, -0.1) is 0 Å². The number of nitrogens with one attached hydrogen (secondary N) is 2. The van der Waals surface area contributed by atoms with Crippen molar-refractivity contribution in [3.8, 4) is 0 Å². The van der Waals surface area contributed by atoms with Crippen LogP contribution in [0.2, 0.25) is 0 Å². The third kappa shape index (κ3) is 2.30. The number of nitrogens with zero attached hydrogens (tertiary/aromatic N) is 1. The van der Waals surface area contributed by atoms with Gasteiger partial charge in [0.05, 0.1) is 0 Å². The first-order chi connectivity index (χ1) is 9.54. The molecule has 2 fully saturated rings. The van der Waals surface area contributed by atoms with Crippen molar-refractivity contribution in [3.05, 3.63) is 17.5 Å². The van der Waals surface area contributed by atoms with E-state index >= 15 is 0 Å². The van der Waals surface area contributed by atoms with E-state index in [0.29, 0.717) is 42.2 Å². The second-order valence-electron chi connectivity index (χ2n) is 5.95. The fourth-order valence-corrected chi connectivity index (χ4v) is 3.54. The van der Waals surface area contributed by atoms with Gasteiger partial charge in [-0.05, 0) is 31.1 Å². The lowest BCUT2D eigenvalue weighted by molar-refractivity contribution is -0.119. The minimum Gasteiger partial charge on any atom is -0.361 e. The number of carbonyl (C=O) groups is 2. The molecule has 0 aromatic carbocycles. The number of hydrogen-bond acceptors (Lipinski definition) is 4. The summed E-state index contributed by atoms with van der Waals surface area (Å²) >= 11 is 0. The summed E-state index contributed by atoms with van der Waals surface area (Å²) in [5.74, 6) is 1.73. The molecule has 3 rings (SSSR count). The van der Waals surface area contributed by atoms with Crippen molar-refractivity contribution < 1.29 is 14.1 Å². The SMILES string of the molecule is Cc1cc(C(=O)NC[C@H]2[C@@H]3CC(=O)N[C@@H]3C[C@@H]2C)no1. The minimum atomic E-state index is -0.213. The molecule has 2 aliphatic rings. The summed E-state index contributed by atoms with van der Waals surface area (Å²) in [6.45, 7) is 4.52. The number of amides is 2. The molecule has 2 heterocycles. The maximum Gasteiger partial charge on any atom is 0.273 e. The Morgan fingerprint density at radius 2 is 2.40 bits per heavy atom. The topological polar surface area (TPSA) is 84.2 Å². The summed E-state index contributed by atoms with van der Waals surface area (Å²) in [4.78, 5) is 23.4. The fraction of sp³-hybridized carbons (Fsp3) is 0.643. The Bertz CT molecular complexity index is 540. The fourth-order valence-electron chi connectivity index (χ4n) is 3.54. The number of hydrogen-bond donors (Lipinski definition) is 2. The summed E-state index contributed by atoms with van der Waals surface area (Å²) < 4.78 is 4.90. The van der Waals surface area contributed by atoms with Gasteiger partial charge < -0.3 is 15.2 Å². The lowest BCUT2D eigenvalue weighted by Crippen LogP contribution is -2.34. The molecule has 0 unspecified atom stereocenters. The van der Waals surface area contributed by atoms with Crippen LogP contribution in [0.25, 0.3) is 0 Å². The molecule has 1 aliphatic heterocycles. The van der Waals surface area contributed by atoms with Gasteiger partial charge in [0, 0.05) is 25.1 Å². The van der Waals surface area contributed by atoms with Crippen LogP contribution in [0.3, 0.4) is 0 Å². The van der Waals surface area contributed by atoms with Crippen LogP contribution in [0.4, 0.5) is 0 Å². The lowest BCUT2D eigenvalue weighted by Gasteiger charge is -2.20. The highest BCUT2D eigenvalue weighted by atomic mass is 16.5. The highest BCUT2D eigenvalue weighted by Gasteiger charge is 2.46. The molecule has 0 bridgehead atoms. The molecular formula is C14H19N3O3. The van der Waals surface area contributed by atoms with Gasteiger partial charge in [-0.3, -0.25) is 9.59 Å². The smallest absolute Gasteiger partial charge is 0.273 e. The summed E-state index contributed by atoms with van der Waals surface area (Å²) in [6.07, 6.45) is 1.58. The first kappa shape index (κ1) is 13.1. The molecule has 0 radical (unpaired) electrons. The summed E-state index contributed by atoms with van der Waals surface area (Å²) in [7, 11) is 0. The van der Waals surface area contributed by atoms with Crippen LogP contribution in [-0.4, -0.2) is 29.6 Å². The van der Waals surface area contributed by atoms with Crippen LogP contribution in [0.1, 0.15) is 36.0 Å². The first-order valence-corrected chi connectivity index (χ1v) is 7.05. The van der Waals surface area contributed by atoms with E-state index in [9.17, 15) is 9.59 Å². The monoisotopic (exact) mass is 277 g/mol. The standard InChI is InChI=1S/C14H19N3O3/c1-7-3-11-9(5-13(18)16-11)10(7)6-15-14(19)12-4-8(2)20-17-12/h4,7,9-11H,3,5-6H2,1-2H3,(H,15,19)(H,16,18)/t7-,9-,10+,11+/m0/s1. The van der Waals surface area contributed by atoms with Gasteiger partial charge in [-0.25, -0.2) is 0 Å². The van der Waals surface area contributed by atoms with Crippen molar-refractivity contribution in [1.82, 2.24) is 15.8 Å². The Balaban J connectivity index is 1.60. The van der Waals surface area contributed by atoms with Crippen molar-refractivity contribution in [2.24, 2.45) is 17.8 Å². The van der Waals surface area contributed by atoms with E-state index in [0.717, 1.165) is 6.42 Å². The lowest BCUT2D eigenvalue weighted by atomic mass is 9.88. The largest absolute Gasteiger partial charge is 0.361 e. The molecule has 108 valence electrons. The van der Waals surface area contributed by atoms with Gasteiger partial charge in [0.15, 0.2) is 5.69 Å². The minimum absolute atomic E-state index is 0.135. The number of aromatic nitrogens is 1. The second kappa shape index (κ2) is 4.92. The van der Waals surface area contributed by atoms with Crippen LogP contribution in [0.15, 0.2) is 10.6 Å². The molecule has 6 heteroatoms. The van der Waals surface area contributed by atoms with E-state index in [2.05, 4.69) is 22.7 Å². The quantitative estimate of drug-likeness (QED) is 0.858. The van der Waals surface area contributed by atoms with Crippen molar-refractivity contribution in [2.45, 2.75) is 32.7 Å². The molecule has 1 saturated heterocycles. The molecule has 4 atom stereocenters. The number of carbonyl (C=O) groups excluding carboxylic acids is 2. The highest BCUT2D eigenvalue weighted by molar-refractivity contribution is 5.92. The van der Waals surface area contributed by atoms with E-state index in [1.54, 1.807) is 13.0 Å². The van der Waals surface area contributed by atoms with Crippen LogP contribution >= 0.6 is 0 Å². The molecule has 1 aliphatic carbocycles. The van der Waals surface area contributed by atoms with E-state index in [-0.39, 0.29) is 17.9 Å². The zero-order chi connectivity index (χ0) is 14.3. The maximum atomic E-state index is 12.0. The molecule has 6 nitrogen and oxygen atoms in total. The van der Waals surface area contributed by atoms with Crippen LogP contribution in [0.5, 0.6) is 0 Å². The van der Waals surface area contributed by atoms with E-state index in [1.807, 2.05) is 0 Å². The molecule has 1 saturated carbocycles. The van der Waals surface area contributed by atoms with Crippen LogP contribution < -0.4 is 10.6 Å². The van der Waals surface area contributed by atoms with Gasteiger partial charge >= 0.3 is 0 Å². The van der Waals surface area contributed by atoms with Crippen LogP contribution in [-0.2, 0) is 4.79 Å². The van der Waals surface area contributed by atoms with Crippen molar-refractivity contribution in [1.29, 1.82) is 0 Å². The van der Waals surface area contributed by atoms with Gasteiger partial charge in [-0.2, -0.15) is 0 Å². The third-order valence-electron chi connectivity index (χ3n) is 4.55. The Morgan fingerprint density at radius 1 is 1.60 bits per heavy atom. The predicted molar refractivity (Wildman–Crippen MR) is 70.9 cm³/mol. The summed E-state index contributed by atoms with van der Waals surface area (Å²) in [5, 5.41) is 9.64. The van der Waals surface area contributed by atoms with Gasteiger partial charge in [0.1, 0.15) is 5.76 Å². The summed E-state index contributed by atoms with van der Waals surface area (Å²) in [5.41, 5.74) is 0.310. The molecule has 20 heavy (non-hydrogen) atoms. The molecule has 1 aromatic heterocycles. The second-order valence-corrected chi connectivity index (χ2v) is 5.95. The Labute approximate surface area is 117 Å². The van der Waals surface area contributed by atoms with Gasteiger partial charge in [0.2, 0.25) is 5.91 Å². The Morgan fingerprint density at radius 3 is 3.10 bits per heavy atom. The average Bonchev–Trinajstić information content (AvgIpc) is 3.02. The van der Waals surface area contributed by atoms with Gasteiger partial charge in [0.25, 0.3) is 5.91 Å². The van der Waals surface area contributed by atoms with Crippen LogP contribution in [0, 0.1) is 24.7 Å². The molecule has 1 aromatic rings. The maximum absolute atomic E-state index is 12.0. The Hall–Kier alpha value is -1.85. The number of rotatable bonds is 3. The van der Waals surface area contributed by atoms with Crippen molar-refractivity contribution >= 4 is 11.8 Å². The number of fused-ring (bicyclic) bond motifs is 1. The van der Waals surface area contributed by atoms with E-state index in [4.69, 9.17) is 4.52 Å². The molecule has 2 amide bonds. The third-order valence-corrected chi connectivity index (χ3v) is 4.55. The summed E-state index contributed by atoms with van der Waals surface area (Å²) in [6, 6.07) is 1.91. The zero-order valence-electron chi connectivity index (χ0n) is 11.7.